The third-order valence-corrected chi connectivity index (χ3v) is 6.60. The van der Waals surface area contributed by atoms with E-state index in [1.165, 1.54) is 51.5 Å². The van der Waals surface area contributed by atoms with E-state index in [9.17, 15) is 0 Å². The van der Waals surface area contributed by atoms with Crippen molar-refractivity contribution in [2.75, 3.05) is 6.54 Å². The Morgan fingerprint density at radius 2 is 1.68 bits per heavy atom. The molecule has 2 rings (SSSR count). The fourth-order valence-corrected chi connectivity index (χ4v) is 3.83. The molecule has 0 aromatic rings. The summed E-state index contributed by atoms with van der Waals surface area (Å²) in [6, 6.07) is 0.806. The van der Waals surface area contributed by atoms with Crippen LogP contribution >= 0.6 is 0 Å². The first-order valence-corrected chi connectivity index (χ1v) is 8.63. The van der Waals surface area contributed by atoms with E-state index >= 15 is 0 Å². The van der Waals surface area contributed by atoms with Crippen molar-refractivity contribution in [2.45, 2.75) is 85.6 Å². The zero-order valence-electron chi connectivity index (χ0n) is 13.9. The van der Waals surface area contributed by atoms with Gasteiger partial charge in [0.2, 0.25) is 0 Å². The first kappa shape index (κ1) is 15.4. The van der Waals surface area contributed by atoms with E-state index in [2.05, 4.69) is 39.9 Å². The topological polar surface area (TPSA) is 12.0 Å². The second-order valence-corrected chi connectivity index (χ2v) is 8.29. The molecule has 1 heteroatoms. The van der Waals surface area contributed by atoms with Crippen molar-refractivity contribution in [3.05, 3.63) is 0 Å². The van der Waals surface area contributed by atoms with Crippen molar-refractivity contribution in [1.82, 2.24) is 5.32 Å². The highest BCUT2D eigenvalue weighted by Gasteiger charge is 2.45. The molecule has 0 aromatic carbocycles. The highest BCUT2D eigenvalue weighted by Crippen LogP contribution is 2.51. The first-order chi connectivity index (χ1) is 8.89. The van der Waals surface area contributed by atoms with Gasteiger partial charge in [0.25, 0.3) is 0 Å². The minimum atomic E-state index is 0.556. The zero-order chi connectivity index (χ0) is 14.1. The van der Waals surface area contributed by atoms with Crippen LogP contribution in [-0.2, 0) is 0 Å². The average Bonchev–Trinajstić information content (AvgIpc) is 3.18. The lowest BCUT2D eigenvalue weighted by Crippen LogP contribution is -2.40. The number of hydrogen-bond donors (Lipinski definition) is 1. The largest absolute Gasteiger partial charge is 0.313 e. The van der Waals surface area contributed by atoms with Crippen LogP contribution in [0.15, 0.2) is 0 Å². The van der Waals surface area contributed by atoms with E-state index in [1.807, 2.05) is 0 Å². The van der Waals surface area contributed by atoms with Crippen LogP contribution in [0.4, 0.5) is 0 Å². The minimum Gasteiger partial charge on any atom is -0.313 e. The normalized spacial score (nSPS) is 30.6. The van der Waals surface area contributed by atoms with Gasteiger partial charge in [0, 0.05) is 12.6 Å². The van der Waals surface area contributed by atoms with Crippen LogP contribution in [0, 0.1) is 22.7 Å². The van der Waals surface area contributed by atoms with Crippen LogP contribution in [0.2, 0.25) is 0 Å². The number of nitrogens with one attached hydrogen (secondary N) is 1. The van der Waals surface area contributed by atoms with Crippen molar-refractivity contribution in [1.29, 1.82) is 0 Å². The monoisotopic (exact) mass is 265 g/mol. The SMILES string of the molecule is CCC(C)(C)C1CCC(NCC2(C(C)C)CC2)CC1. The van der Waals surface area contributed by atoms with Crippen molar-refractivity contribution >= 4 is 0 Å². The highest BCUT2D eigenvalue weighted by molar-refractivity contribution is 4.98. The molecule has 0 spiro atoms. The molecule has 19 heavy (non-hydrogen) atoms. The maximum Gasteiger partial charge on any atom is 0.00675 e. The van der Waals surface area contributed by atoms with Gasteiger partial charge in [0.05, 0.1) is 0 Å². The Morgan fingerprint density at radius 3 is 2.11 bits per heavy atom. The van der Waals surface area contributed by atoms with Gasteiger partial charge in [-0.05, 0) is 61.2 Å². The second kappa shape index (κ2) is 5.76. The first-order valence-electron chi connectivity index (χ1n) is 8.63. The molecule has 0 aromatic heterocycles. The molecule has 0 unspecified atom stereocenters. The molecule has 2 aliphatic rings. The minimum absolute atomic E-state index is 0.556. The lowest BCUT2D eigenvalue weighted by atomic mass is 9.69. The molecule has 0 aliphatic heterocycles. The Hall–Kier alpha value is -0.0400. The predicted molar refractivity (Wildman–Crippen MR) is 84.3 cm³/mol. The Labute approximate surface area is 120 Å². The summed E-state index contributed by atoms with van der Waals surface area (Å²) in [4.78, 5) is 0. The second-order valence-electron chi connectivity index (χ2n) is 8.29. The molecule has 112 valence electrons. The van der Waals surface area contributed by atoms with Gasteiger partial charge in [0.15, 0.2) is 0 Å². The van der Waals surface area contributed by atoms with Crippen LogP contribution in [0.1, 0.15) is 79.6 Å². The van der Waals surface area contributed by atoms with Gasteiger partial charge in [-0.3, -0.25) is 0 Å². The van der Waals surface area contributed by atoms with Crippen LogP contribution in [0.5, 0.6) is 0 Å². The molecule has 2 saturated carbocycles. The van der Waals surface area contributed by atoms with Gasteiger partial charge in [-0.15, -0.1) is 0 Å². The van der Waals surface area contributed by atoms with Crippen molar-refractivity contribution < 1.29 is 0 Å². The molecule has 0 saturated heterocycles. The Balaban J connectivity index is 1.72. The Bertz CT molecular complexity index is 280. The molecule has 0 atom stereocenters. The standard InChI is InChI=1S/C18H35N/c1-6-17(4,5)15-7-9-16(10-8-15)19-13-18(11-12-18)14(2)3/h14-16,19H,6-13H2,1-5H3. The van der Waals surface area contributed by atoms with E-state index in [4.69, 9.17) is 0 Å². The summed E-state index contributed by atoms with van der Waals surface area (Å²) in [5.41, 5.74) is 1.22. The van der Waals surface area contributed by atoms with Crippen LogP contribution < -0.4 is 5.32 Å². The summed E-state index contributed by atoms with van der Waals surface area (Å²) in [6.45, 7) is 13.3. The molecule has 2 fully saturated rings. The lowest BCUT2D eigenvalue weighted by Gasteiger charge is -2.39. The summed E-state index contributed by atoms with van der Waals surface area (Å²) >= 11 is 0. The molecular weight excluding hydrogens is 230 g/mol. The molecule has 0 bridgehead atoms. The van der Waals surface area contributed by atoms with Gasteiger partial charge < -0.3 is 5.32 Å². The molecule has 0 radical (unpaired) electrons. The summed E-state index contributed by atoms with van der Waals surface area (Å²) < 4.78 is 0. The van der Waals surface area contributed by atoms with E-state index in [1.54, 1.807) is 0 Å². The summed E-state index contributed by atoms with van der Waals surface area (Å²) in [7, 11) is 0. The predicted octanol–water partition coefficient (Wildman–Crippen LogP) is 5.01. The molecule has 0 amide bonds. The van der Waals surface area contributed by atoms with E-state index in [0.717, 1.165) is 17.9 Å². The Kier molecular flexibility index (Phi) is 4.65. The fourth-order valence-electron chi connectivity index (χ4n) is 3.83. The zero-order valence-corrected chi connectivity index (χ0v) is 13.9. The third kappa shape index (κ3) is 3.54. The summed E-state index contributed by atoms with van der Waals surface area (Å²) in [5.74, 6) is 1.81. The van der Waals surface area contributed by atoms with Gasteiger partial charge in [-0.25, -0.2) is 0 Å². The third-order valence-electron chi connectivity index (χ3n) is 6.60. The fraction of sp³-hybridized carbons (Fsp3) is 1.00. The van der Waals surface area contributed by atoms with Gasteiger partial charge in [-0.1, -0.05) is 41.0 Å². The maximum absolute atomic E-state index is 3.90. The lowest BCUT2D eigenvalue weighted by molar-refractivity contribution is 0.134. The van der Waals surface area contributed by atoms with Gasteiger partial charge in [0.1, 0.15) is 0 Å². The van der Waals surface area contributed by atoms with Crippen molar-refractivity contribution in [3.63, 3.8) is 0 Å². The van der Waals surface area contributed by atoms with Crippen LogP contribution in [0.25, 0.3) is 0 Å². The van der Waals surface area contributed by atoms with E-state index in [-0.39, 0.29) is 0 Å². The maximum atomic E-state index is 3.90. The quantitative estimate of drug-likeness (QED) is 0.712. The molecule has 1 N–H and O–H groups in total. The van der Waals surface area contributed by atoms with Crippen LogP contribution in [-0.4, -0.2) is 12.6 Å². The van der Waals surface area contributed by atoms with Gasteiger partial charge >= 0.3 is 0 Å². The average molecular weight is 265 g/mol. The molecular formula is C18H35N. The van der Waals surface area contributed by atoms with Crippen molar-refractivity contribution in [2.24, 2.45) is 22.7 Å². The van der Waals surface area contributed by atoms with E-state index in [0.29, 0.717) is 10.8 Å². The smallest absolute Gasteiger partial charge is 0.00675 e. The van der Waals surface area contributed by atoms with E-state index < -0.39 is 0 Å². The molecule has 2 aliphatic carbocycles. The van der Waals surface area contributed by atoms with Crippen LogP contribution in [0.3, 0.4) is 0 Å². The summed E-state index contributed by atoms with van der Waals surface area (Å²) in [5, 5.41) is 3.90. The van der Waals surface area contributed by atoms with Crippen molar-refractivity contribution in [3.8, 4) is 0 Å². The molecule has 0 heterocycles. The molecule has 1 nitrogen and oxygen atoms in total. The highest BCUT2D eigenvalue weighted by atomic mass is 14.9. The van der Waals surface area contributed by atoms with Gasteiger partial charge in [-0.2, -0.15) is 0 Å². The number of hydrogen-bond acceptors (Lipinski definition) is 1. The summed E-state index contributed by atoms with van der Waals surface area (Å²) in [6.07, 6.45) is 9.92. The number of rotatable bonds is 6. The Morgan fingerprint density at radius 1 is 1.11 bits per heavy atom.